The number of benzene rings is 1. The van der Waals surface area contributed by atoms with E-state index in [-0.39, 0.29) is 0 Å². The predicted octanol–water partition coefficient (Wildman–Crippen LogP) is 2.41. The van der Waals surface area contributed by atoms with Crippen LogP contribution in [0.15, 0.2) is 18.2 Å². The van der Waals surface area contributed by atoms with Gasteiger partial charge in [-0.15, -0.1) is 0 Å². The monoisotopic (exact) mass is 290 g/mol. The fourth-order valence-electron chi connectivity index (χ4n) is 3.20. The quantitative estimate of drug-likeness (QED) is 0.928. The number of fused-ring (bicyclic) bond motifs is 1. The van der Waals surface area contributed by atoms with Crippen LogP contribution in [0.1, 0.15) is 31.7 Å². The molecule has 1 fully saturated rings. The molecule has 2 N–H and O–H groups in total. The number of hydrogen-bond donors (Lipinski definition) is 1. The minimum atomic E-state index is 0.324. The van der Waals surface area contributed by atoms with Crippen LogP contribution >= 0.6 is 0 Å². The standard InChI is InChI=1S/C17H26N2O2/c1-13(18)15-5-7-19(8-6-15)12-14-3-4-16-17(11-14)21-10-2-9-20-16/h3-4,11,13,15H,2,5-10,12,18H2,1H3. The fourth-order valence-corrected chi connectivity index (χ4v) is 3.20. The molecule has 1 saturated heterocycles. The van der Waals surface area contributed by atoms with E-state index in [1.54, 1.807) is 0 Å². The van der Waals surface area contributed by atoms with Gasteiger partial charge in [0.1, 0.15) is 0 Å². The van der Waals surface area contributed by atoms with Crippen molar-refractivity contribution in [2.24, 2.45) is 11.7 Å². The highest BCUT2D eigenvalue weighted by Crippen LogP contribution is 2.31. The van der Waals surface area contributed by atoms with E-state index in [1.807, 2.05) is 6.07 Å². The Labute approximate surface area is 127 Å². The van der Waals surface area contributed by atoms with E-state index >= 15 is 0 Å². The third kappa shape index (κ3) is 3.69. The average molecular weight is 290 g/mol. The maximum absolute atomic E-state index is 6.01. The third-order valence-electron chi connectivity index (χ3n) is 4.59. The Bertz CT molecular complexity index is 468. The minimum absolute atomic E-state index is 0.324. The van der Waals surface area contributed by atoms with Crippen LogP contribution in [0.4, 0.5) is 0 Å². The van der Waals surface area contributed by atoms with Gasteiger partial charge in [0.25, 0.3) is 0 Å². The summed E-state index contributed by atoms with van der Waals surface area (Å²) in [6.45, 7) is 6.89. The van der Waals surface area contributed by atoms with Crippen molar-refractivity contribution >= 4 is 0 Å². The number of nitrogens with zero attached hydrogens (tertiary/aromatic N) is 1. The smallest absolute Gasteiger partial charge is 0.161 e. The molecular weight excluding hydrogens is 264 g/mol. The van der Waals surface area contributed by atoms with E-state index < -0.39 is 0 Å². The van der Waals surface area contributed by atoms with Crippen molar-refractivity contribution in [2.45, 2.75) is 38.8 Å². The number of hydrogen-bond acceptors (Lipinski definition) is 4. The van der Waals surface area contributed by atoms with Crippen LogP contribution in [-0.2, 0) is 6.54 Å². The Morgan fingerprint density at radius 3 is 2.62 bits per heavy atom. The molecule has 2 aliphatic rings. The molecule has 116 valence electrons. The summed E-state index contributed by atoms with van der Waals surface area (Å²) in [6.07, 6.45) is 3.37. The maximum atomic E-state index is 6.01. The lowest BCUT2D eigenvalue weighted by atomic mass is 9.91. The summed E-state index contributed by atoms with van der Waals surface area (Å²) in [6, 6.07) is 6.67. The van der Waals surface area contributed by atoms with Crippen molar-refractivity contribution in [1.82, 2.24) is 4.90 Å². The number of piperidine rings is 1. The lowest BCUT2D eigenvalue weighted by Gasteiger charge is -2.33. The molecule has 0 bridgehead atoms. The molecule has 0 aliphatic carbocycles. The molecule has 3 rings (SSSR count). The van der Waals surface area contributed by atoms with E-state index in [4.69, 9.17) is 15.2 Å². The molecular formula is C17H26N2O2. The number of rotatable bonds is 3. The first-order valence-electron chi connectivity index (χ1n) is 8.09. The second-order valence-corrected chi connectivity index (χ2v) is 6.30. The highest BCUT2D eigenvalue weighted by Gasteiger charge is 2.22. The molecule has 4 nitrogen and oxygen atoms in total. The van der Waals surface area contributed by atoms with Gasteiger partial charge in [-0.2, -0.15) is 0 Å². The van der Waals surface area contributed by atoms with E-state index in [9.17, 15) is 0 Å². The van der Waals surface area contributed by atoms with E-state index in [2.05, 4.69) is 24.0 Å². The zero-order valence-electron chi connectivity index (χ0n) is 12.9. The van der Waals surface area contributed by atoms with Crippen LogP contribution in [0.5, 0.6) is 11.5 Å². The van der Waals surface area contributed by atoms with E-state index in [0.717, 1.165) is 50.8 Å². The van der Waals surface area contributed by atoms with Crippen LogP contribution in [-0.4, -0.2) is 37.2 Å². The topological polar surface area (TPSA) is 47.7 Å². The van der Waals surface area contributed by atoms with Gasteiger partial charge < -0.3 is 15.2 Å². The SMILES string of the molecule is CC(N)C1CCN(Cc2ccc3c(c2)OCCCO3)CC1. The number of nitrogens with two attached hydrogens (primary N) is 1. The molecule has 21 heavy (non-hydrogen) atoms. The van der Waals surface area contributed by atoms with Gasteiger partial charge in [-0.25, -0.2) is 0 Å². The van der Waals surface area contributed by atoms with Crippen molar-refractivity contribution in [3.8, 4) is 11.5 Å². The van der Waals surface area contributed by atoms with Gasteiger partial charge >= 0.3 is 0 Å². The predicted molar refractivity (Wildman–Crippen MR) is 83.7 cm³/mol. The highest BCUT2D eigenvalue weighted by atomic mass is 16.5. The molecule has 0 saturated carbocycles. The molecule has 1 atom stereocenters. The number of likely N-dealkylation sites (tertiary alicyclic amines) is 1. The second-order valence-electron chi connectivity index (χ2n) is 6.30. The van der Waals surface area contributed by atoms with Gasteiger partial charge in [0, 0.05) is 19.0 Å². The summed E-state index contributed by atoms with van der Waals surface area (Å²) < 4.78 is 11.4. The van der Waals surface area contributed by atoms with Crippen LogP contribution < -0.4 is 15.2 Å². The largest absolute Gasteiger partial charge is 0.490 e. The zero-order chi connectivity index (χ0) is 14.7. The van der Waals surface area contributed by atoms with Crippen molar-refractivity contribution < 1.29 is 9.47 Å². The summed E-state index contributed by atoms with van der Waals surface area (Å²) in [5.41, 5.74) is 7.31. The normalized spacial score (nSPS) is 21.8. The summed E-state index contributed by atoms with van der Waals surface area (Å²) in [5, 5.41) is 0. The zero-order valence-corrected chi connectivity index (χ0v) is 12.9. The summed E-state index contributed by atoms with van der Waals surface area (Å²) in [4.78, 5) is 2.51. The van der Waals surface area contributed by atoms with Crippen molar-refractivity contribution in [2.75, 3.05) is 26.3 Å². The van der Waals surface area contributed by atoms with E-state index in [0.29, 0.717) is 12.0 Å². The molecule has 0 amide bonds. The Balaban J connectivity index is 1.60. The summed E-state index contributed by atoms with van der Waals surface area (Å²) in [7, 11) is 0. The van der Waals surface area contributed by atoms with Crippen LogP contribution in [0.25, 0.3) is 0 Å². The van der Waals surface area contributed by atoms with Gasteiger partial charge in [0.2, 0.25) is 0 Å². The molecule has 0 spiro atoms. The average Bonchev–Trinajstić information content (AvgIpc) is 2.72. The van der Waals surface area contributed by atoms with Gasteiger partial charge in [-0.3, -0.25) is 4.90 Å². The molecule has 1 unspecified atom stereocenters. The van der Waals surface area contributed by atoms with Gasteiger partial charge in [-0.1, -0.05) is 6.07 Å². The first-order valence-corrected chi connectivity index (χ1v) is 8.09. The summed E-state index contributed by atoms with van der Waals surface area (Å²) in [5.74, 6) is 2.47. The van der Waals surface area contributed by atoms with Crippen LogP contribution in [0.3, 0.4) is 0 Å². The molecule has 2 heterocycles. The molecule has 1 aromatic rings. The fraction of sp³-hybridized carbons (Fsp3) is 0.647. The van der Waals surface area contributed by atoms with Gasteiger partial charge in [0.15, 0.2) is 11.5 Å². The Morgan fingerprint density at radius 2 is 1.90 bits per heavy atom. The number of ether oxygens (including phenoxy) is 2. The highest BCUT2D eigenvalue weighted by molar-refractivity contribution is 5.43. The first-order chi connectivity index (χ1) is 10.2. The Morgan fingerprint density at radius 1 is 1.19 bits per heavy atom. The first kappa shape index (κ1) is 14.7. The molecule has 0 radical (unpaired) electrons. The van der Waals surface area contributed by atoms with Crippen LogP contribution in [0, 0.1) is 5.92 Å². The maximum Gasteiger partial charge on any atom is 0.161 e. The van der Waals surface area contributed by atoms with Crippen LogP contribution in [0.2, 0.25) is 0 Å². The Hall–Kier alpha value is -1.26. The minimum Gasteiger partial charge on any atom is -0.490 e. The molecule has 4 heteroatoms. The third-order valence-corrected chi connectivity index (χ3v) is 4.59. The summed E-state index contributed by atoms with van der Waals surface area (Å²) >= 11 is 0. The molecule has 2 aliphatic heterocycles. The lowest BCUT2D eigenvalue weighted by Crippen LogP contribution is -2.39. The van der Waals surface area contributed by atoms with E-state index in [1.165, 1.54) is 18.4 Å². The van der Waals surface area contributed by atoms with Gasteiger partial charge in [0.05, 0.1) is 13.2 Å². The van der Waals surface area contributed by atoms with Gasteiger partial charge in [-0.05, 0) is 56.5 Å². The molecule has 0 aromatic heterocycles. The lowest BCUT2D eigenvalue weighted by molar-refractivity contribution is 0.165. The Kier molecular flexibility index (Phi) is 4.66. The van der Waals surface area contributed by atoms with Crippen molar-refractivity contribution in [1.29, 1.82) is 0 Å². The van der Waals surface area contributed by atoms with Crippen molar-refractivity contribution in [3.05, 3.63) is 23.8 Å². The van der Waals surface area contributed by atoms with Crippen molar-refractivity contribution in [3.63, 3.8) is 0 Å². The second kappa shape index (κ2) is 6.67. The molecule has 1 aromatic carbocycles.